The molecule has 0 aliphatic heterocycles. The molecular weight excluding hydrogens is 336 g/mol. The lowest BCUT2D eigenvalue weighted by Gasteiger charge is -2.22. The third kappa shape index (κ3) is 7.34. The number of carbonyl (C=O) groups is 1. The first-order chi connectivity index (χ1) is 9.67. The molecule has 5 nitrogen and oxygen atoms in total. The molecule has 0 bridgehead atoms. The van der Waals surface area contributed by atoms with E-state index in [9.17, 15) is 9.90 Å². The molecule has 0 spiro atoms. The number of alkyl carbamates (subject to hydrolysis) is 1. The minimum Gasteiger partial charge on any atom is -0.507 e. The topological polar surface area (TPSA) is 70.6 Å². The number of carbonyl (C=O) groups excluding carboxylic acids is 1. The molecule has 1 aromatic rings. The SMILES string of the molecule is CC(CNCc1ccc(O)c(Br)c1)NC(=O)OC(C)(C)C. The first-order valence-corrected chi connectivity index (χ1v) is 7.64. The predicted octanol–water partition coefficient (Wildman–Crippen LogP) is 3.16. The highest BCUT2D eigenvalue weighted by molar-refractivity contribution is 9.10. The van der Waals surface area contributed by atoms with Crippen molar-refractivity contribution in [1.82, 2.24) is 10.6 Å². The number of rotatable bonds is 5. The minimum atomic E-state index is -0.491. The van der Waals surface area contributed by atoms with Gasteiger partial charge in [-0.1, -0.05) is 6.07 Å². The largest absolute Gasteiger partial charge is 0.507 e. The summed E-state index contributed by atoms with van der Waals surface area (Å²) in [5.74, 6) is 0.221. The van der Waals surface area contributed by atoms with E-state index in [1.165, 1.54) is 0 Å². The second kappa shape index (κ2) is 7.66. The molecule has 0 aliphatic carbocycles. The van der Waals surface area contributed by atoms with Crippen LogP contribution in [0.4, 0.5) is 4.79 Å². The standard InChI is InChI=1S/C15H23BrN2O3/c1-10(18-14(20)21-15(2,3)4)8-17-9-11-5-6-13(19)12(16)7-11/h5-7,10,17,19H,8-9H2,1-4H3,(H,18,20). The zero-order valence-corrected chi connectivity index (χ0v) is 14.5. The number of hydrogen-bond donors (Lipinski definition) is 3. The van der Waals surface area contributed by atoms with E-state index in [1.54, 1.807) is 6.07 Å². The Morgan fingerprint density at radius 1 is 1.43 bits per heavy atom. The number of ether oxygens (including phenoxy) is 1. The molecule has 1 amide bonds. The smallest absolute Gasteiger partial charge is 0.407 e. The van der Waals surface area contributed by atoms with Gasteiger partial charge < -0.3 is 20.5 Å². The molecular formula is C15H23BrN2O3. The van der Waals surface area contributed by atoms with E-state index < -0.39 is 11.7 Å². The number of phenolic OH excluding ortho intramolecular Hbond substituents is 1. The van der Waals surface area contributed by atoms with Gasteiger partial charge in [0.05, 0.1) is 4.47 Å². The molecule has 3 N–H and O–H groups in total. The molecule has 0 saturated heterocycles. The molecule has 0 radical (unpaired) electrons. The fraction of sp³-hybridized carbons (Fsp3) is 0.533. The first kappa shape index (κ1) is 17.8. The van der Waals surface area contributed by atoms with Crippen molar-refractivity contribution < 1.29 is 14.6 Å². The lowest BCUT2D eigenvalue weighted by Crippen LogP contribution is -2.42. The van der Waals surface area contributed by atoms with Crippen molar-refractivity contribution in [2.24, 2.45) is 0 Å². The fourth-order valence-electron chi connectivity index (χ4n) is 1.65. The zero-order chi connectivity index (χ0) is 16.0. The van der Waals surface area contributed by atoms with Gasteiger partial charge in [0.2, 0.25) is 0 Å². The van der Waals surface area contributed by atoms with E-state index in [1.807, 2.05) is 39.8 Å². The van der Waals surface area contributed by atoms with E-state index in [2.05, 4.69) is 26.6 Å². The molecule has 21 heavy (non-hydrogen) atoms. The molecule has 1 unspecified atom stereocenters. The average Bonchev–Trinajstić information content (AvgIpc) is 2.31. The zero-order valence-electron chi connectivity index (χ0n) is 12.9. The van der Waals surface area contributed by atoms with Gasteiger partial charge in [-0.25, -0.2) is 4.79 Å². The van der Waals surface area contributed by atoms with Crippen molar-refractivity contribution >= 4 is 22.0 Å². The van der Waals surface area contributed by atoms with Gasteiger partial charge in [-0.3, -0.25) is 0 Å². The van der Waals surface area contributed by atoms with Gasteiger partial charge in [0.1, 0.15) is 11.4 Å². The molecule has 1 atom stereocenters. The Morgan fingerprint density at radius 2 is 2.10 bits per heavy atom. The number of aromatic hydroxyl groups is 1. The molecule has 0 aromatic heterocycles. The second-order valence-electron chi connectivity index (χ2n) is 5.96. The van der Waals surface area contributed by atoms with Crippen LogP contribution in [0, 0.1) is 0 Å². The number of nitrogens with one attached hydrogen (secondary N) is 2. The number of halogens is 1. The average molecular weight is 359 g/mol. The van der Waals surface area contributed by atoms with E-state index in [0.717, 1.165) is 5.56 Å². The Bertz CT molecular complexity index is 486. The number of amides is 1. The summed E-state index contributed by atoms with van der Waals surface area (Å²) in [7, 11) is 0. The van der Waals surface area contributed by atoms with Gasteiger partial charge in [-0.15, -0.1) is 0 Å². The van der Waals surface area contributed by atoms with E-state index in [0.29, 0.717) is 17.6 Å². The quantitative estimate of drug-likeness (QED) is 0.755. The van der Waals surface area contributed by atoms with Gasteiger partial charge in [-0.2, -0.15) is 0 Å². The minimum absolute atomic E-state index is 0.0413. The molecule has 0 heterocycles. The maximum absolute atomic E-state index is 11.6. The van der Waals surface area contributed by atoms with Crippen LogP contribution in [0.15, 0.2) is 22.7 Å². The summed E-state index contributed by atoms with van der Waals surface area (Å²) in [5, 5.41) is 15.4. The third-order valence-corrected chi connectivity index (χ3v) is 3.19. The van der Waals surface area contributed by atoms with Crippen LogP contribution in [0.3, 0.4) is 0 Å². The molecule has 0 saturated carbocycles. The van der Waals surface area contributed by atoms with E-state index in [-0.39, 0.29) is 11.8 Å². The van der Waals surface area contributed by atoms with Crippen LogP contribution in [0.25, 0.3) is 0 Å². The summed E-state index contributed by atoms with van der Waals surface area (Å²) in [4.78, 5) is 11.6. The molecule has 1 aromatic carbocycles. The van der Waals surface area contributed by atoms with Crippen molar-refractivity contribution in [2.45, 2.75) is 45.9 Å². The number of phenols is 1. The molecule has 118 valence electrons. The molecule has 0 fully saturated rings. The van der Waals surface area contributed by atoms with Crippen LogP contribution >= 0.6 is 15.9 Å². The first-order valence-electron chi connectivity index (χ1n) is 6.85. The van der Waals surface area contributed by atoms with E-state index >= 15 is 0 Å². The van der Waals surface area contributed by atoms with Crippen LogP contribution in [0.5, 0.6) is 5.75 Å². The molecule has 1 rings (SSSR count). The van der Waals surface area contributed by atoms with Crippen molar-refractivity contribution in [1.29, 1.82) is 0 Å². The van der Waals surface area contributed by atoms with Crippen molar-refractivity contribution in [3.63, 3.8) is 0 Å². The highest BCUT2D eigenvalue weighted by Gasteiger charge is 2.17. The second-order valence-corrected chi connectivity index (χ2v) is 6.82. The lowest BCUT2D eigenvalue weighted by molar-refractivity contribution is 0.0508. The summed E-state index contributed by atoms with van der Waals surface area (Å²) >= 11 is 3.28. The summed E-state index contributed by atoms with van der Waals surface area (Å²) in [6.07, 6.45) is -0.413. The number of hydrogen-bond acceptors (Lipinski definition) is 4. The Morgan fingerprint density at radius 3 is 2.67 bits per heavy atom. The monoisotopic (exact) mass is 358 g/mol. The highest BCUT2D eigenvalue weighted by atomic mass is 79.9. The Kier molecular flexibility index (Phi) is 6.48. The van der Waals surface area contributed by atoms with Crippen molar-refractivity contribution in [3.05, 3.63) is 28.2 Å². The van der Waals surface area contributed by atoms with Crippen LogP contribution in [-0.2, 0) is 11.3 Å². The third-order valence-electron chi connectivity index (χ3n) is 2.55. The van der Waals surface area contributed by atoms with Crippen LogP contribution in [0.2, 0.25) is 0 Å². The van der Waals surface area contributed by atoms with Crippen LogP contribution in [-0.4, -0.2) is 29.4 Å². The van der Waals surface area contributed by atoms with Crippen molar-refractivity contribution in [2.75, 3.05) is 6.54 Å². The summed E-state index contributed by atoms with van der Waals surface area (Å²) in [6.45, 7) is 8.68. The highest BCUT2D eigenvalue weighted by Crippen LogP contribution is 2.24. The van der Waals surface area contributed by atoms with Crippen LogP contribution in [0.1, 0.15) is 33.3 Å². The molecule has 6 heteroatoms. The summed E-state index contributed by atoms with van der Waals surface area (Å²) in [5.41, 5.74) is 0.555. The predicted molar refractivity (Wildman–Crippen MR) is 86.3 cm³/mol. The van der Waals surface area contributed by atoms with E-state index in [4.69, 9.17) is 4.74 Å². The van der Waals surface area contributed by atoms with Crippen LogP contribution < -0.4 is 10.6 Å². The Balaban J connectivity index is 2.31. The van der Waals surface area contributed by atoms with Gasteiger partial charge >= 0.3 is 6.09 Å². The normalized spacial score (nSPS) is 12.8. The summed E-state index contributed by atoms with van der Waals surface area (Å²) in [6, 6.07) is 5.30. The Hall–Kier alpha value is -1.27. The maximum atomic E-state index is 11.6. The Labute approximate surface area is 134 Å². The van der Waals surface area contributed by atoms with Gasteiger partial charge in [-0.05, 0) is 61.3 Å². The molecule has 0 aliphatic rings. The number of benzene rings is 1. The van der Waals surface area contributed by atoms with Gasteiger partial charge in [0.25, 0.3) is 0 Å². The fourth-order valence-corrected chi connectivity index (χ4v) is 2.08. The van der Waals surface area contributed by atoms with Gasteiger partial charge in [0, 0.05) is 19.1 Å². The maximum Gasteiger partial charge on any atom is 0.407 e. The summed E-state index contributed by atoms with van der Waals surface area (Å²) < 4.78 is 5.86. The van der Waals surface area contributed by atoms with Crippen molar-refractivity contribution in [3.8, 4) is 5.75 Å². The lowest BCUT2D eigenvalue weighted by atomic mass is 10.2. The van der Waals surface area contributed by atoms with Gasteiger partial charge in [0.15, 0.2) is 0 Å².